The Morgan fingerprint density at radius 1 is 1.59 bits per heavy atom. The summed E-state index contributed by atoms with van der Waals surface area (Å²) < 4.78 is 14.6. The van der Waals surface area contributed by atoms with Crippen LogP contribution in [-0.2, 0) is 5.60 Å². The second-order valence-corrected chi connectivity index (χ2v) is 5.73. The van der Waals surface area contributed by atoms with Crippen LogP contribution in [0.15, 0.2) is 16.6 Å². The number of benzene rings is 1. The predicted molar refractivity (Wildman–Crippen MR) is 69.7 cm³/mol. The molecule has 0 bridgehead atoms. The van der Waals surface area contributed by atoms with E-state index in [4.69, 9.17) is 11.6 Å². The van der Waals surface area contributed by atoms with Crippen molar-refractivity contribution in [2.45, 2.75) is 18.9 Å². The topological polar surface area (TPSA) is 32.3 Å². The van der Waals surface area contributed by atoms with Crippen molar-refractivity contribution in [3.05, 3.63) is 33.0 Å². The SMILES string of the molecule is CC1CNCCC1(O)c1ccc(Br)c(Cl)c1F. The number of halogens is 3. The molecule has 94 valence electrons. The Balaban J connectivity index is 2.49. The van der Waals surface area contributed by atoms with Gasteiger partial charge in [0.05, 0.1) is 10.6 Å². The summed E-state index contributed by atoms with van der Waals surface area (Å²) in [7, 11) is 0. The molecule has 0 aliphatic carbocycles. The van der Waals surface area contributed by atoms with Gasteiger partial charge in [0, 0.05) is 22.5 Å². The molecule has 1 aliphatic rings. The highest BCUT2D eigenvalue weighted by Gasteiger charge is 2.40. The van der Waals surface area contributed by atoms with E-state index in [0.29, 0.717) is 29.5 Å². The van der Waals surface area contributed by atoms with Gasteiger partial charge in [-0.05, 0) is 35.0 Å². The summed E-state index contributed by atoms with van der Waals surface area (Å²) in [5.41, 5.74) is -0.848. The molecule has 2 rings (SSSR count). The Hall–Kier alpha value is -0.160. The number of nitrogens with one attached hydrogen (secondary N) is 1. The molecule has 2 nitrogen and oxygen atoms in total. The molecule has 17 heavy (non-hydrogen) atoms. The minimum Gasteiger partial charge on any atom is -0.385 e. The van der Waals surface area contributed by atoms with Crippen LogP contribution < -0.4 is 5.32 Å². The van der Waals surface area contributed by atoms with E-state index in [0.717, 1.165) is 0 Å². The molecule has 2 unspecified atom stereocenters. The van der Waals surface area contributed by atoms with Gasteiger partial charge in [0.1, 0.15) is 5.82 Å². The zero-order valence-corrected chi connectivity index (χ0v) is 11.8. The van der Waals surface area contributed by atoms with Crippen LogP contribution in [0.4, 0.5) is 4.39 Å². The van der Waals surface area contributed by atoms with Gasteiger partial charge in [-0.25, -0.2) is 4.39 Å². The monoisotopic (exact) mass is 321 g/mol. The highest BCUT2D eigenvalue weighted by molar-refractivity contribution is 9.10. The molecular formula is C12H14BrClFNO. The van der Waals surface area contributed by atoms with Crippen LogP contribution >= 0.6 is 27.5 Å². The van der Waals surface area contributed by atoms with Crippen LogP contribution in [0.3, 0.4) is 0 Å². The molecule has 1 aromatic rings. The van der Waals surface area contributed by atoms with Crippen LogP contribution in [-0.4, -0.2) is 18.2 Å². The molecular weight excluding hydrogens is 308 g/mol. The minimum absolute atomic E-state index is 0.0293. The first-order chi connectivity index (χ1) is 7.97. The molecule has 0 amide bonds. The van der Waals surface area contributed by atoms with Crippen LogP contribution in [0.25, 0.3) is 0 Å². The van der Waals surface area contributed by atoms with E-state index in [1.165, 1.54) is 0 Å². The summed E-state index contributed by atoms with van der Waals surface area (Å²) in [6.45, 7) is 3.25. The molecule has 0 saturated carbocycles. The minimum atomic E-state index is -1.14. The summed E-state index contributed by atoms with van der Waals surface area (Å²) >= 11 is 9.03. The van der Waals surface area contributed by atoms with Gasteiger partial charge < -0.3 is 10.4 Å². The number of rotatable bonds is 1. The van der Waals surface area contributed by atoms with Crippen molar-refractivity contribution in [2.75, 3.05) is 13.1 Å². The highest BCUT2D eigenvalue weighted by atomic mass is 79.9. The first kappa shape index (κ1) is 13.3. The van der Waals surface area contributed by atoms with Crippen molar-refractivity contribution in [1.82, 2.24) is 5.32 Å². The first-order valence-corrected chi connectivity index (χ1v) is 6.71. The third kappa shape index (κ3) is 2.24. The zero-order chi connectivity index (χ0) is 12.6. The number of aliphatic hydroxyl groups is 1. The third-order valence-electron chi connectivity index (χ3n) is 3.45. The fraction of sp³-hybridized carbons (Fsp3) is 0.500. The Bertz CT molecular complexity index is 443. The molecule has 0 spiro atoms. The number of hydrogen-bond acceptors (Lipinski definition) is 2. The fourth-order valence-electron chi connectivity index (χ4n) is 2.27. The molecule has 2 atom stereocenters. The predicted octanol–water partition coefficient (Wildman–Crippen LogP) is 3.06. The van der Waals surface area contributed by atoms with Crippen molar-refractivity contribution in [1.29, 1.82) is 0 Å². The summed E-state index contributed by atoms with van der Waals surface area (Å²) in [4.78, 5) is 0. The molecule has 0 radical (unpaired) electrons. The average molecular weight is 323 g/mol. The molecule has 5 heteroatoms. The van der Waals surface area contributed by atoms with Crippen molar-refractivity contribution in [3.8, 4) is 0 Å². The molecule has 1 saturated heterocycles. The highest BCUT2D eigenvalue weighted by Crippen LogP contribution is 2.39. The quantitative estimate of drug-likeness (QED) is 0.779. The van der Waals surface area contributed by atoms with Crippen LogP contribution in [0.5, 0.6) is 0 Å². The maximum Gasteiger partial charge on any atom is 0.149 e. The number of piperidine rings is 1. The lowest BCUT2D eigenvalue weighted by Crippen LogP contribution is -2.47. The first-order valence-electron chi connectivity index (χ1n) is 5.54. The molecule has 1 aliphatic heterocycles. The largest absolute Gasteiger partial charge is 0.385 e. The second-order valence-electron chi connectivity index (χ2n) is 4.50. The van der Waals surface area contributed by atoms with E-state index in [9.17, 15) is 9.50 Å². The molecule has 1 aromatic carbocycles. The van der Waals surface area contributed by atoms with Crippen LogP contribution in [0, 0.1) is 11.7 Å². The number of hydrogen-bond donors (Lipinski definition) is 2. The average Bonchev–Trinajstić information content (AvgIpc) is 2.30. The van der Waals surface area contributed by atoms with Gasteiger partial charge in [-0.15, -0.1) is 0 Å². The lowest BCUT2D eigenvalue weighted by atomic mass is 9.77. The standard InChI is InChI=1S/C12H14BrClFNO/c1-7-6-16-5-4-12(7,17)8-2-3-9(13)10(14)11(8)15/h2-3,7,16-17H,4-6H2,1H3. The lowest BCUT2D eigenvalue weighted by molar-refractivity contribution is -0.0419. The smallest absolute Gasteiger partial charge is 0.149 e. The Labute approximate surface area is 113 Å². The summed E-state index contributed by atoms with van der Waals surface area (Å²) in [5.74, 6) is -0.583. The van der Waals surface area contributed by atoms with Gasteiger partial charge in [-0.2, -0.15) is 0 Å². The summed E-state index contributed by atoms with van der Waals surface area (Å²) in [5, 5.41) is 13.9. The van der Waals surface area contributed by atoms with Gasteiger partial charge in [-0.1, -0.05) is 24.6 Å². The van der Waals surface area contributed by atoms with Gasteiger partial charge in [0.2, 0.25) is 0 Å². The van der Waals surface area contributed by atoms with E-state index in [-0.39, 0.29) is 10.9 Å². The van der Waals surface area contributed by atoms with Crippen molar-refractivity contribution < 1.29 is 9.50 Å². The van der Waals surface area contributed by atoms with E-state index in [2.05, 4.69) is 21.2 Å². The van der Waals surface area contributed by atoms with E-state index >= 15 is 0 Å². The second kappa shape index (κ2) is 4.84. The molecule has 2 N–H and O–H groups in total. The Morgan fingerprint density at radius 3 is 2.94 bits per heavy atom. The van der Waals surface area contributed by atoms with E-state index in [1.54, 1.807) is 12.1 Å². The van der Waals surface area contributed by atoms with Crippen molar-refractivity contribution >= 4 is 27.5 Å². The van der Waals surface area contributed by atoms with Crippen molar-refractivity contribution in [2.24, 2.45) is 5.92 Å². The van der Waals surface area contributed by atoms with Gasteiger partial charge in [-0.3, -0.25) is 0 Å². The fourth-order valence-corrected chi connectivity index (χ4v) is 2.74. The molecule has 1 fully saturated rings. The normalized spacial score (nSPS) is 29.4. The molecule has 0 aromatic heterocycles. The lowest BCUT2D eigenvalue weighted by Gasteiger charge is -2.39. The van der Waals surface area contributed by atoms with Crippen LogP contribution in [0.2, 0.25) is 5.02 Å². The third-order valence-corrected chi connectivity index (χ3v) is 4.71. The maximum atomic E-state index is 14.1. The molecule has 1 heterocycles. The van der Waals surface area contributed by atoms with Gasteiger partial charge in [0.15, 0.2) is 0 Å². The summed E-state index contributed by atoms with van der Waals surface area (Å²) in [6.07, 6.45) is 0.489. The Morgan fingerprint density at radius 2 is 2.29 bits per heavy atom. The van der Waals surface area contributed by atoms with E-state index < -0.39 is 11.4 Å². The van der Waals surface area contributed by atoms with Gasteiger partial charge in [0.25, 0.3) is 0 Å². The Kier molecular flexibility index (Phi) is 3.78. The zero-order valence-electron chi connectivity index (χ0n) is 9.43. The van der Waals surface area contributed by atoms with E-state index in [1.807, 2.05) is 6.92 Å². The van der Waals surface area contributed by atoms with Gasteiger partial charge >= 0.3 is 0 Å². The van der Waals surface area contributed by atoms with Crippen molar-refractivity contribution in [3.63, 3.8) is 0 Å². The summed E-state index contributed by atoms with van der Waals surface area (Å²) in [6, 6.07) is 3.28. The van der Waals surface area contributed by atoms with Crippen LogP contribution in [0.1, 0.15) is 18.9 Å². The maximum absolute atomic E-state index is 14.1.